The van der Waals surface area contributed by atoms with Gasteiger partial charge in [-0.15, -0.1) is 0 Å². The molecule has 0 unspecified atom stereocenters. The van der Waals surface area contributed by atoms with Gasteiger partial charge in [0.15, 0.2) is 0 Å². The smallest absolute Gasteiger partial charge is 0.150 e. The lowest BCUT2D eigenvalue weighted by atomic mass is 10.4. The van der Waals surface area contributed by atoms with Crippen LogP contribution in [0.15, 0.2) is 22.8 Å². The standard InChI is InChI=1S/C10H17NO3S/c1-2-15(12,13)8-4-6-11-9-10-5-3-7-14-10/h3,5,7,11H,2,4,6,8-9H2,1H3. The lowest BCUT2D eigenvalue weighted by Crippen LogP contribution is -2.18. The monoisotopic (exact) mass is 231 g/mol. The summed E-state index contributed by atoms with van der Waals surface area (Å²) < 4.78 is 27.4. The van der Waals surface area contributed by atoms with E-state index in [-0.39, 0.29) is 11.5 Å². The summed E-state index contributed by atoms with van der Waals surface area (Å²) in [6.45, 7) is 3.02. The Balaban J connectivity index is 2.08. The fourth-order valence-corrected chi connectivity index (χ4v) is 2.06. The molecule has 4 nitrogen and oxygen atoms in total. The minimum absolute atomic E-state index is 0.227. The van der Waals surface area contributed by atoms with E-state index in [1.165, 1.54) is 0 Å². The van der Waals surface area contributed by atoms with E-state index in [2.05, 4.69) is 5.32 Å². The second kappa shape index (κ2) is 5.92. The van der Waals surface area contributed by atoms with Gasteiger partial charge in [0.1, 0.15) is 15.6 Å². The van der Waals surface area contributed by atoms with Gasteiger partial charge in [-0.05, 0) is 25.1 Å². The molecule has 0 radical (unpaired) electrons. The Morgan fingerprint density at radius 3 is 2.87 bits per heavy atom. The highest BCUT2D eigenvalue weighted by Gasteiger charge is 2.05. The van der Waals surface area contributed by atoms with Crippen molar-refractivity contribution < 1.29 is 12.8 Å². The van der Waals surface area contributed by atoms with Gasteiger partial charge in [0.2, 0.25) is 0 Å². The van der Waals surface area contributed by atoms with Gasteiger partial charge in [-0.1, -0.05) is 6.92 Å². The zero-order valence-electron chi connectivity index (χ0n) is 8.90. The predicted octanol–water partition coefficient (Wildman–Crippen LogP) is 1.19. The summed E-state index contributed by atoms with van der Waals surface area (Å²) in [5.41, 5.74) is 0. The van der Waals surface area contributed by atoms with Crippen molar-refractivity contribution in [3.05, 3.63) is 24.2 Å². The molecule has 0 aromatic carbocycles. The van der Waals surface area contributed by atoms with Gasteiger partial charge in [0.05, 0.1) is 18.6 Å². The van der Waals surface area contributed by atoms with Crippen molar-refractivity contribution in [1.82, 2.24) is 5.32 Å². The van der Waals surface area contributed by atoms with Crippen molar-refractivity contribution in [2.75, 3.05) is 18.1 Å². The van der Waals surface area contributed by atoms with Crippen LogP contribution in [0.1, 0.15) is 19.1 Å². The van der Waals surface area contributed by atoms with Gasteiger partial charge >= 0.3 is 0 Å². The number of nitrogens with one attached hydrogen (secondary N) is 1. The zero-order valence-corrected chi connectivity index (χ0v) is 9.72. The van der Waals surface area contributed by atoms with E-state index in [4.69, 9.17) is 4.42 Å². The molecule has 0 saturated carbocycles. The average molecular weight is 231 g/mol. The molecule has 86 valence electrons. The van der Waals surface area contributed by atoms with Gasteiger partial charge in [-0.3, -0.25) is 0 Å². The van der Waals surface area contributed by atoms with Gasteiger partial charge in [-0.25, -0.2) is 8.42 Å². The molecule has 0 fully saturated rings. The summed E-state index contributed by atoms with van der Waals surface area (Å²) in [4.78, 5) is 0. The first-order valence-electron chi connectivity index (χ1n) is 5.07. The molecule has 0 amide bonds. The number of furan rings is 1. The minimum Gasteiger partial charge on any atom is -0.468 e. The van der Waals surface area contributed by atoms with Crippen LogP contribution in [-0.2, 0) is 16.4 Å². The molecular weight excluding hydrogens is 214 g/mol. The normalized spacial score (nSPS) is 11.8. The van der Waals surface area contributed by atoms with Gasteiger partial charge in [0, 0.05) is 5.75 Å². The maximum absolute atomic E-state index is 11.1. The van der Waals surface area contributed by atoms with Crippen LogP contribution in [0.4, 0.5) is 0 Å². The Hall–Kier alpha value is -0.810. The summed E-state index contributed by atoms with van der Waals surface area (Å²) >= 11 is 0. The van der Waals surface area contributed by atoms with E-state index in [9.17, 15) is 8.42 Å². The van der Waals surface area contributed by atoms with Crippen LogP contribution in [0.2, 0.25) is 0 Å². The first kappa shape index (κ1) is 12.3. The summed E-state index contributed by atoms with van der Waals surface area (Å²) in [5, 5.41) is 3.13. The van der Waals surface area contributed by atoms with Crippen molar-refractivity contribution in [3.8, 4) is 0 Å². The van der Waals surface area contributed by atoms with Crippen LogP contribution in [-0.4, -0.2) is 26.5 Å². The van der Waals surface area contributed by atoms with Crippen molar-refractivity contribution in [2.45, 2.75) is 19.9 Å². The Morgan fingerprint density at radius 1 is 1.47 bits per heavy atom. The SMILES string of the molecule is CCS(=O)(=O)CCCNCc1ccco1. The third-order valence-electron chi connectivity index (χ3n) is 2.13. The summed E-state index contributed by atoms with van der Waals surface area (Å²) in [6.07, 6.45) is 2.27. The number of rotatable bonds is 7. The Morgan fingerprint density at radius 2 is 2.27 bits per heavy atom. The molecule has 0 aliphatic heterocycles. The molecule has 0 aliphatic carbocycles. The van der Waals surface area contributed by atoms with E-state index in [0.717, 1.165) is 5.76 Å². The third-order valence-corrected chi connectivity index (χ3v) is 3.92. The van der Waals surface area contributed by atoms with E-state index < -0.39 is 9.84 Å². The molecule has 0 aliphatic rings. The largest absolute Gasteiger partial charge is 0.468 e. The van der Waals surface area contributed by atoms with E-state index in [1.54, 1.807) is 13.2 Å². The van der Waals surface area contributed by atoms with Gasteiger partial charge in [-0.2, -0.15) is 0 Å². The molecule has 1 N–H and O–H groups in total. The Bertz CT molecular complexity index is 356. The van der Waals surface area contributed by atoms with Crippen LogP contribution in [0.3, 0.4) is 0 Å². The van der Waals surface area contributed by atoms with E-state index in [0.29, 0.717) is 19.5 Å². The zero-order chi connectivity index (χ0) is 11.1. The van der Waals surface area contributed by atoms with Crippen LogP contribution >= 0.6 is 0 Å². The molecular formula is C10H17NO3S. The van der Waals surface area contributed by atoms with E-state index in [1.807, 2.05) is 12.1 Å². The van der Waals surface area contributed by atoms with Crippen LogP contribution in [0, 0.1) is 0 Å². The highest BCUT2D eigenvalue weighted by atomic mass is 32.2. The molecule has 1 aromatic rings. The Kier molecular flexibility index (Phi) is 4.84. The second-order valence-electron chi connectivity index (χ2n) is 3.35. The molecule has 1 heterocycles. The number of hydrogen-bond acceptors (Lipinski definition) is 4. The maximum atomic E-state index is 11.1. The fourth-order valence-electron chi connectivity index (χ4n) is 1.19. The topological polar surface area (TPSA) is 59.3 Å². The second-order valence-corrected chi connectivity index (χ2v) is 5.82. The van der Waals surface area contributed by atoms with Crippen LogP contribution < -0.4 is 5.32 Å². The summed E-state index contributed by atoms with van der Waals surface area (Å²) in [5.74, 6) is 1.35. The molecule has 0 atom stereocenters. The Labute approximate surface area is 90.6 Å². The maximum Gasteiger partial charge on any atom is 0.150 e. The van der Waals surface area contributed by atoms with Crippen molar-refractivity contribution >= 4 is 9.84 Å². The van der Waals surface area contributed by atoms with Crippen molar-refractivity contribution in [3.63, 3.8) is 0 Å². The lowest BCUT2D eigenvalue weighted by molar-refractivity contribution is 0.483. The van der Waals surface area contributed by atoms with Gasteiger partial charge in [0.25, 0.3) is 0 Å². The summed E-state index contributed by atoms with van der Waals surface area (Å²) in [6, 6.07) is 3.72. The highest BCUT2D eigenvalue weighted by Crippen LogP contribution is 1.98. The van der Waals surface area contributed by atoms with E-state index >= 15 is 0 Å². The first-order valence-corrected chi connectivity index (χ1v) is 6.89. The molecule has 1 rings (SSSR count). The first-order chi connectivity index (χ1) is 7.14. The fraction of sp³-hybridized carbons (Fsp3) is 0.600. The minimum atomic E-state index is -2.82. The molecule has 0 spiro atoms. The predicted molar refractivity (Wildman–Crippen MR) is 59.4 cm³/mol. The molecule has 0 bridgehead atoms. The van der Waals surface area contributed by atoms with Crippen molar-refractivity contribution in [1.29, 1.82) is 0 Å². The highest BCUT2D eigenvalue weighted by molar-refractivity contribution is 7.91. The summed E-state index contributed by atoms with van der Waals surface area (Å²) in [7, 11) is -2.82. The van der Waals surface area contributed by atoms with Crippen LogP contribution in [0.5, 0.6) is 0 Å². The molecule has 0 saturated heterocycles. The van der Waals surface area contributed by atoms with Gasteiger partial charge < -0.3 is 9.73 Å². The average Bonchev–Trinajstić information content (AvgIpc) is 2.70. The van der Waals surface area contributed by atoms with Crippen molar-refractivity contribution in [2.24, 2.45) is 0 Å². The number of hydrogen-bond donors (Lipinski definition) is 1. The molecule has 15 heavy (non-hydrogen) atoms. The quantitative estimate of drug-likeness (QED) is 0.716. The molecule has 1 aromatic heterocycles. The van der Waals surface area contributed by atoms with Crippen LogP contribution in [0.25, 0.3) is 0 Å². The third kappa shape index (κ3) is 4.99. The number of sulfone groups is 1. The lowest BCUT2D eigenvalue weighted by Gasteiger charge is -2.02. The molecule has 5 heteroatoms.